The predicted octanol–water partition coefficient (Wildman–Crippen LogP) is 3.79. The summed E-state index contributed by atoms with van der Waals surface area (Å²) in [7, 11) is -2.02. The number of rotatable bonds is 12. The first-order chi connectivity index (χ1) is 16.1. The van der Waals surface area contributed by atoms with Gasteiger partial charge in [-0.25, -0.2) is 8.42 Å². The molecule has 0 heterocycles. The van der Waals surface area contributed by atoms with Gasteiger partial charge in [-0.15, -0.1) is 0 Å². The van der Waals surface area contributed by atoms with E-state index in [1.54, 1.807) is 37.1 Å². The molecule has 0 spiro atoms. The number of halogens is 1. The molecule has 0 aliphatic heterocycles. The highest BCUT2D eigenvalue weighted by atomic mass is 35.5. The molecule has 0 aliphatic carbocycles. The Morgan fingerprint density at radius 3 is 2.32 bits per heavy atom. The highest BCUT2D eigenvalue weighted by Gasteiger charge is 2.28. The molecule has 2 aromatic carbocycles. The van der Waals surface area contributed by atoms with Gasteiger partial charge in [-0.3, -0.25) is 13.9 Å². The minimum Gasteiger partial charge on any atom is -0.357 e. The number of anilines is 1. The monoisotopic (exact) mass is 507 g/mol. The summed E-state index contributed by atoms with van der Waals surface area (Å²) in [5.74, 6) is -0.390. The van der Waals surface area contributed by atoms with Gasteiger partial charge >= 0.3 is 0 Å². The summed E-state index contributed by atoms with van der Waals surface area (Å²) in [6.07, 6.45) is 2.67. The lowest BCUT2D eigenvalue weighted by atomic mass is 10.1. The molecule has 0 saturated heterocycles. The summed E-state index contributed by atoms with van der Waals surface area (Å²) in [6.45, 7) is 4.17. The van der Waals surface area contributed by atoms with Crippen molar-refractivity contribution in [3.05, 3.63) is 64.7 Å². The Kier molecular flexibility index (Phi) is 10.4. The van der Waals surface area contributed by atoms with Gasteiger partial charge in [0.1, 0.15) is 6.04 Å². The minimum absolute atomic E-state index is 0.119. The Morgan fingerprint density at radius 1 is 1.06 bits per heavy atom. The zero-order valence-electron chi connectivity index (χ0n) is 20.3. The average molecular weight is 508 g/mol. The van der Waals surface area contributed by atoms with E-state index >= 15 is 0 Å². The summed E-state index contributed by atoms with van der Waals surface area (Å²) in [5.41, 5.74) is 2.24. The molecule has 34 heavy (non-hydrogen) atoms. The smallest absolute Gasteiger partial charge is 0.242 e. The molecular formula is C25H34ClN3O4S. The Bertz CT molecular complexity index is 1080. The van der Waals surface area contributed by atoms with Crippen molar-refractivity contribution in [1.29, 1.82) is 0 Å². The highest BCUT2D eigenvalue weighted by Crippen LogP contribution is 2.28. The third-order valence-corrected chi connectivity index (χ3v) is 7.37. The molecule has 0 aliphatic rings. The molecule has 0 saturated carbocycles. The Labute approximate surface area is 208 Å². The van der Waals surface area contributed by atoms with Gasteiger partial charge in [0.25, 0.3) is 0 Å². The number of nitrogens with zero attached hydrogens (tertiary/aromatic N) is 2. The predicted molar refractivity (Wildman–Crippen MR) is 138 cm³/mol. The van der Waals surface area contributed by atoms with Crippen LogP contribution in [0, 0.1) is 6.92 Å². The van der Waals surface area contributed by atoms with E-state index in [0.717, 1.165) is 11.8 Å². The number of hydrogen-bond acceptors (Lipinski definition) is 4. The van der Waals surface area contributed by atoms with E-state index in [1.165, 1.54) is 4.31 Å². The van der Waals surface area contributed by atoms with Crippen molar-refractivity contribution in [1.82, 2.24) is 10.2 Å². The van der Waals surface area contributed by atoms with E-state index in [0.29, 0.717) is 42.1 Å². The fourth-order valence-corrected chi connectivity index (χ4v) is 5.10. The first-order valence-electron chi connectivity index (χ1n) is 11.4. The van der Waals surface area contributed by atoms with Crippen molar-refractivity contribution in [2.45, 2.75) is 45.6 Å². The van der Waals surface area contributed by atoms with Crippen LogP contribution in [0.25, 0.3) is 0 Å². The van der Waals surface area contributed by atoms with Crippen LogP contribution in [-0.2, 0) is 26.0 Å². The quantitative estimate of drug-likeness (QED) is 0.473. The van der Waals surface area contributed by atoms with E-state index < -0.39 is 16.1 Å². The summed E-state index contributed by atoms with van der Waals surface area (Å²) >= 11 is 6.19. The van der Waals surface area contributed by atoms with Gasteiger partial charge in [0.05, 0.1) is 11.9 Å². The van der Waals surface area contributed by atoms with Crippen molar-refractivity contribution >= 4 is 39.1 Å². The first-order valence-corrected chi connectivity index (χ1v) is 13.6. The molecule has 7 nitrogen and oxygen atoms in total. The van der Waals surface area contributed by atoms with Crippen LogP contribution in [0.5, 0.6) is 0 Å². The molecule has 0 unspecified atom stereocenters. The number of benzene rings is 2. The lowest BCUT2D eigenvalue weighted by Gasteiger charge is -2.31. The second kappa shape index (κ2) is 12.8. The number of carbonyl (C=O) groups excluding carboxylic acids is 2. The third-order valence-electron chi connectivity index (χ3n) is 5.78. The molecule has 0 radical (unpaired) electrons. The van der Waals surface area contributed by atoms with Crippen molar-refractivity contribution in [2.24, 2.45) is 0 Å². The molecule has 9 heteroatoms. The van der Waals surface area contributed by atoms with Crippen LogP contribution in [0.3, 0.4) is 0 Å². The first kappa shape index (κ1) is 27.7. The van der Waals surface area contributed by atoms with Crippen LogP contribution < -0.4 is 9.62 Å². The minimum atomic E-state index is -3.57. The van der Waals surface area contributed by atoms with Crippen molar-refractivity contribution in [3.8, 4) is 0 Å². The average Bonchev–Trinajstić information content (AvgIpc) is 2.81. The van der Waals surface area contributed by atoms with E-state index in [-0.39, 0.29) is 24.8 Å². The second-order valence-electron chi connectivity index (χ2n) is 8.18. The molecule has 186 valence electrons. The van der Waals surface area contributed by atoms with Crippen molar-refractivity contribution in [2.75, 3.05) is 30.7 Å². The van der Waals surface area contributed by atoms with Crippen LogP contribution in [0.15, 0.2) is 48.5 Å². The molecule has 1 N–H and O–H groups in total. The van der Waals surface area contributed by atoms with E-state index in [2.05, 4.69) is 5.32 Å². The summed E-state index contributed by atoms with van der Waals surface area (Å²) in [6, 6.07) is 14.3. The molecule has 1 atom stereocenters. The van der Waals surface area contributed by atoms with E-state index in [1.807, 2.05) is 37.3 Å². The van der Waals surface area contributed by atoms with E-state index in [4.69, 9.17) is 11.6 Å². The lowest BCUT2D eigenvalue weighted by Crippen LogP contribution is -2.49. The maximum Gasteiger partial charge on any atom is 0.242 e. The second-order valence-corrected chi connectivity index (χ2v) is 10.5. The molecule has 2 aromatic rings. The van der Waals surface area contributed by atoms with Crippen LogP contribution in [0.2, 0.25) is 5.02 Å². The van der Waals surface area contributed by atoms with Crippen LogP contribution in [0.4, 0.5) is 5.69 Å². The molecule has 2 amide bonds. The van der Waals surface area contributed by atoms with Gasteiger partial charge in [0.2, 0.25) is 21.8 Å². The Hall–Kier alpha value is -2.58. The summed E-state index contributed by atoms with van der Waals surface area (Å²) < 4.78 is 26.2. The molecule has 0 aromatic heterocycles. The van der Waals surface area contributed by atoms with Gasteiger partial charge in [0.15, 0.2) is 0 Å². The maximum atomic E-state index is 13.2. The topological polar surface area (TPSA) is 86.8 Å². The van der Waals surface area contributed by atoms with Gasteiger partial charge in [-0.1, -0.05) is 54.9 Å². The number of sulfonamides is 1. The lowest BCUT2D eigenvalue weighted by molar-refractivity contribution is -0.140. The fourth-order valence-electron chi connectivity index (χ4n) is 3.91. The molecule has 0 fully saturated rings. The van der Waals surface area contributed by atoms with Gasteiger partial charge in [-0.05, 0) is 49.4 Å². The standard InChI is InChI=1S/C25H34ClN3O4S/c1-5-22(25(31)27-3)28(18-16-20-11-7-6-8-12-20)24(30)15-10-17-29(34(4,32)33)23-14-9-13-21(26)19(23)2/h6-9,11-14,22H,5,10,15-18H2,1-4H3,(H,27,31)/t22-/m1/s1. The SMILES string of the molecule is CC[C@H](C(=O)NC)N(CCc1ccccc1)C(=O)CCCN(c1cccc(Cl)c1C)S(C)(=O)=O. The fraction of sp³-hybridized carbons (Fsp3) is 0.440. The summed E-state index contributed by atoms with van der Waals surface area (Å²) in [5, 5.41) is 3.12. The van der Waals surface area contributed by atoms with Crippen LogP contribution in [0.1, 0.15) is 37.3 Å². The van der Waals surface area contributed by atoms with Gasteiger partial charge in [0, 0.05) is 31.6 Å². The van der Waals surface area contributed by atoms with Crippen molar-refractivity contribution < 1.29 is 18.0 Å². The van der Waals surface area contributed by atoms with Gasteiger partial charge < -0.3 is 10.2 Å². The van der Waals surface area contributed by atoms with Gasteiger partial charge in [-0.2, -0.15) is 0 Å². The highest BCUT2D eigenvalue weighted by molar-refractivity contribution is 7.92. The molecule has 2 rings (SSSR count). The number of amides is 2. The zero-order valence-corrected chi connectivity index (χ0v) is 21.8. The Balaban J connectivity index is 2.16. The molecule has 0 bridgehead atoms. The van der Waals surface area contributed by atoms with E-state index in [9.17, 15) is 18.0 Å². The zero-order chi connectivity index (χ0) is 25.3. The van der Waals surface area contributed by atoms with Crippen molar-refractivity contribution in [3.63, 3.8) is 0 Å². The number of carbonyl (C=O) groups is 2. The number of nitrogens with one attached hydrogen (secondary N) is 1. The van der Waals surface area contributed by atoms with Crippen LogP contribution >= 0.6 is 11.6 Å². The van der Waals surface area contributed by atoms with Crippen LogP contribution in [-0.4, -0.2) is 57.6 Å². The summed E-state index contributed by atoms with van der Waals surface area (Å²) in [4.78, 5) is 27.3. The third kappa shape index (κ3) is 7.46. The number of likely N-dealkylation sites (N-methyl/N-ethyl adjacent to an activating group) is 1. The maximum absolute atomic E-state index is 13.2. The molecular weight excluding hydrogens is 474 g/mol. The largest absolute Gasteiger partial charge is 0.357 e. The normalized spacial score (nSPS) is 12.1. The number of hydrogen-bond donors (Lipinski definition) is 1. The Morgan fingerprint density at radius 2 is 1.74 bits per heavy atom.